The van der Waals surface area contributed by atoms with Crippen LogP contribution in [0.4, 0.5) is 0 Å². The Morgan fingerprint density at radius 2 is 1.96 bits per heavy atom. The number of rotatable bonds is 4. The summed E-state index contributed by atoms with van der Waals surface area (Å²) in [7, 11) is 0. The largest absolute Gasteiger partial charge is 0.477 e. The van der Waals surface area contributed by atoms with Gasteiger partial charge in [-0.3, -0.25) is 0 Å². The standard InChI is InChI=1S/C20H11N3O3S/c21-11-15(20(24)25)10-16-7-8-17(27-16)18-19(26-23-22-18)14-6-5-12-3-1-2-4-13(12)9-14/h1-10H,(H,24,25)/b15-10-. The van der Waals surface area contributed by atoms with Crippen LogP contribution in [-0.4, -0.2) is 21.4 Å². The minimum absolute atomic E-state index is 0.323. The zero-order chi connectivity index (χ0) is 18.8. The monoisotopic (exact) mass is 373 g/mol. The van der Waals surface area contributed by atoms with Crippen molar-refractivity contribution in [2.45, 2.75) is 0 Å². The van der Waals surface area contributed by atoms with Crippen molar-refractivity contribution in [3.8, 4) is 28.0 Å². The van der Waals surface area contributed by atoms with Gasteiger partial charge in [0.15, 0.2) is 11.5 Å². The Bertz CT molecular complexity index is 1230. The molecule has 7 heteroatoms. The molecule has 0 bridgehead atoms. The van der Waals surface area contributed by atoms with Gasteiger partial charge in [0.05, 0.1) is 4.88 Å². The predicted molar refractivity (Wildman–Crippen MR) is 102 cm³/mol. The average Bonchev–Trinajstić information content (AvgIpc) is 3.34. The molecule has 0 spiro atoms. The van der Waals surface area contributed by atoms with Crippen LogP contribution in [0, 0.1) is 11.3 Å². The number of hydrogen-bond acceptors (Lipinski definition) is 6. The fourth-order valence-corrected chi connectivity index (χ4v) is 3.65. The summed E-state index contributed by atoms with van der Waals surface area (Å²) in [5.41, 5.74) is 1.10. The van der Waals surface area contributed by atoms with Crippen molar-refractivity contribution in [3.63, 3.8) is 0 Å². The number of nitriles is 1. The number of aromatic nitrogens is 2. The summed E-state index contributed by atoms with van der Waals surface area (Å²) >= 11 is 1.31. The second-order valence-electron chi connectivity index (χ2n) is 5.69. The fraction of sp³-hybridized carbons (Fsp3) is 0. The number of benzene rings is 2. The topological polar surface area (TPSA) is 100 Å². The molecule has 130 valence electrons. The smallest absolute Gasteiger partial charge is 0.346 e. The van der Waals surface area contributed by atoms with Gasteiger partial charge in [0.2, 0.25) is 0 Å². The normalized spacial score (nSPS) is 11.4. The molecule has 0 radical (unpaired) electrons. The van der Waals surface area contributed by atoms with Crippen molar-refractivity contribution < 1.29 is 14.4 Å². The van der Waals surface area contributed by atoms with Gasteiger partial charge < -0.3 is 9.63 Å². The van der Waals surface area contributed by atoms with E-state index in [1.807, 2.05) is 42.5 Å². The molecule has 0 aliphatic carbocycles. The maximum atomic E-state index is 11.0. The van der Waals surface area contributed by atoms with E-state index in [9.17, 15) is 4.79 Å². The number of aliphatic carboxylic acids is 1. The van der Waals surface area contributed by atoms with E-state index in [-0.39, 0.29) is 5.57 Å². The molecule has 0 aliphatic rings. The first-order chi connectivity index (χ1) is 13.2. The SMILES string of the molecule is N#C/C(=C/c1ccc(-c2nnoc2-c2ccc3ccccc3c2)s1)C(=O)O. The molecule has 27 heavy (non-hydrogen) atoms. The van der Waals surface area contributed by atoms with Crippen molar-refractivity contribution >= 4 is 34.2 Å². The van der Waals surface area contributed by atoms with E-state index in [4.69, 9.17) is 14.9 Å². The molecule has 0 saturated carbocycles. The highest BCUT2D eigenvalue weighted by atomic mass is 32.1. The Hall–Kier alpha value is -3.76. The van der Waals surface area contributed by atoms with Crippen molar-refractivity contribution in [2.75, 3.05) is 0 Å². The summed E-state index contributed by atoms with van der Waals surface area (Å²) < 4.78 is 5.39. The quantitative estimate of drug-likeness (QED) is 0.414. The lowest BCUT2D eigenvalue weighted by molar-refractivity contribution is -0.132. The van der Waals surface area contributed by atoms with Crippen LogP contribution in [0.3, 0.4) is 0 Å². The average molecular weight is 373 g/mol. The summed E-state index contributed by atoms with van der Waals surface area (Å²) in [4.78, 5) is 12.4. The van der Waals surface area contributed by atoms with E-state index in [1.54, 1.807) is 18.2 Å². The molecule has 4 rings (SSSR count). The summed E-state index contributed by atoms with van der Waals surface area (Å²) in [5.74, 6) is -0.718. The first-order valence-electron chi connectivity index (χ1n) is 7.92. The molecular formula is C20H11N3O3S. The van der Waals surface area contributed by atoms with Crippen molar-refractivity contribution in [1.29, 1.82) is 5.26 Å². The molecule has 0 aliphatic heterocycles. The van der Waals surface area contributed by atoms with Crippen molar-refractivity contribution in [3.05, 3.63) is 65.0 Å². The first kappa shape index (κ1) is 16.7. The lowest BCUT2D eigenvalue weighted by Gasteiger charge is -2.01. The number of fused-ring (bicyclic) bond motifs is 1. The molecule has 0 atom stereocenters. The zero-order valence-electron chi connectivity index (χ0n) is 13.8. The minimum atomic E-state index is -1.26. The van der Waals surface area contributed by atoms with Gasteiger partial charge in [-0.1, -0.05) is 36.4 Å². The zero-order valence-corrected chi connectivity index (χ0v) is 14.6. The molecule has 4 aromatic rings. The number of hydrogen-bond donors (Lipinski definition) is 1. The molecular weight excluding hydrogens is 362 g/mol. The van der Waals surface area contributed by atoms with Crippen molar-refractivity contribution in [2.24, 2.45) is 0 Å². The van der Waals surface area contributed by atoms with Gasteiger partial charge in [0, 0.05) is 15.7 Å². The molecule has 6 nitrogen and oxygen atoms in total. The summed E-state index contributed by atoms with van der Waals surface area (Å²) in [5, 5.41) is 27.8. The maximum Gasteiger partial charge on any atom is 0.346 e. The molecule has 2 aromatic heterocycles. The van der Waals surface area contributed by atoms with Crippen LogP contribution in [0.5, 0.6) is 0 Å². The third kappa shape index (κ3) is 3.21. The fourth-order valence-electron chi connectivity index (χ4n) is 2.71. The molecule has 0 amide bonds. The summed E-state index contributed by atoms with van der Waals surface area (Å²) in [6, 6.07) is 19.2. The van der Waals surface area contributed by atoms with Gasteiger partial charge in [-0.15, -0.1) is 16.4 Å². The van der Waals surface area contributed by atoms with Gasteiger partial charge in [-0.2, -0.15) is 5.26 Å². The Balaban J connectivity index is 1.74. The van der Waals surface area contributed by atoms with Crippen molar-refractivity contribution in [1.82, 2.24) is 10.4 Å². The number of nitrogens with zero attached hydrogens (tertiary/aromatic N) is 3. The Morgan fingerprint density at radius 1 is 1.15 bits per heavy atom. The molecule has 2 aromatic carbocycles. The van der Waals surface area contributed by atoms with Gasteiger partial charge in [-0.25, -0.2) is 4.79 Å². The number of carbonyl (C=O) groups is 1. The molecule has 2 heterocycles. The van der Waals surface area contributed by atoms with Gasteiger partial charge in [0.25, 0.3) is 0 Å². The molecule has 0 fully saturated rings. The summed E-state index contributed by atoms with van der Waals surface area (Å²) in [6.45, 7) is 0. The van der Waals surface area contributed by atoms with Crippen LogP contribution in [0.25, 0.3) is 38.7 Å². The maximum absolute atomic E-state index is 11.0. The van der Waals surface area contributed by atoms with Crippen LogP contribution >= 0.6 is 11.3 Å². The lowest BCUT2D eigenvalue weighted by atomic mass is 10.0. The highest BCUT2D eigenvalue weighted by Crippen LogP contribution is 2.36. The molecule has 1 N–H and O–H groups in total. The number of thiophene rings is 1. The molecule has 0 unspecified atom stereocenters. The minimum Gasteiger partial charge on any atom is -0.477 e. The van der Waals surface area contributed by atoms with Crippen LogP contribution in [-0.2, 0) is 4.79 Å². The van der Waals surface area contributed by atoms with Crippen LogP contribution in [0.15, 0.2) is 64.7 Å². The van der Waals surface area contributed by atoms with Crippen LogP contribution in [0.2, 0.25) is 0 Å². The van der Waals surface area contributed by atoms with Crippen LogP contribution in [0.1, 0.15) is 4.88 Å². The Morgan fingerprint density at radius 3 is 2.74 bits per heavy atom. The van der Waals surface area contributed by atoms with E-state index in [2.05, 4.69) is 10.4 Å². The number of carboxylic acid groups (broad SMARTS) is 1. The Labute approximate surface area is 157 Å². The van der Waals surface area contributed by atoms with E-state index in [1.165, 1.54) is 17.4 Å². The van der Waals surface area contributed by atoms with E-state index >= 15 is 0 Å². The van der Waals surface area contributed by atoms with Gasteiger partial charge in [0.1, 0.15) is 11.6 Å². The highest BCUT2D eigenvalue weighted by Gasteiger charge is 2.17. The third-order valence-corrected chi connectivity index (χ3v) is 5.04. The van der Waals surface area contributed by atoms with E-state index in [0.29, 0.717) is 16.3 Å². The second kappa shape index (κ2) is 6.86. The first-order valence-corrected chi connectivity index (χ1v) is 8.74. The summed E-state index contributed by atoms with van der Waals surface area (Å²) in [6.07, 6.45) is 1.33. The van der Waals surface area contributed by atoms with E-state index in [0.717, 1.165) is 21.2 Å². The van der Waals surface area contributed by atoms with E-state index < -0.39 is 5.97 Å². The predicted octanol–water partition coefficient (Wildman–Crippen LogP) is 4.61. The molecule has 0 saturated heterocycles. The van der Waals surface area contributed by atoms with Crippen LogP contribution < -0.4 is 0 Å². The second-order valence-corrected chi connectivity index (χ2v) is 6.80. The van der Waals surface area contributed by atoms with Gasteiger partial charge in [-0.05, 0) is 35.0 Å². The Kier molecular flexibility index (Phi) is 4.24. The van der Waals surface area contributed by atoms with Gasteiger partial charge >= 0.3 is 5.97 Å². The highest BCUT2D eigenvalue weighted by molar-refractivity contribution is 7.16. The lowest BCUT2D eigenvalue weighted by Crippen LogP contribution is -1.96. The number of carboxylic acids is 1. The third-order valence-electron chi connectivity index (χ3n) is 4.00.